The lowest BCUT2D eigenvalue weighted by Gasteiger charge is -2.58. The van der Waals surface area contributed by atoms with Crippen molar-refractivity contribution in [3.8, 4) is 12.3 Å². The highest BCUT2D eigenvalue weighted by Crippen LogP contribution is 2.66. The summed E-state index contributed by atoms with van der Waals surface area (Å²) in [6, 6.07) is 0. The first kappa shape index (κ1) is 16.4. The Morgan fingerprint density at radius 3 is 2.62 bits per heavy atom. The molecule has 0 aliphatic heterocycles. The molecule has 0 radical (unpaired) electrons. The van der Waals surface area contributed by atoms with Gasteiger partial charge >= 0.3 is 0 Å². The molecule has 0 spiro atoms. The minimum Gasteiger partial charge on any atom is -0.385 e. The second-order valence-electron chi connectivity index (χ2n) is 8.57. The van der Waals surface area contributed by atoms with Crippen LogP contribution in [0.15, 0.2) is 11.6 Å². The van der Waals surface area contributed by atoms with Crippen LogP contribution in [0.2, 0.25) is 0 Å². The molecule has 130 valence electrons. The van der Waals surface area contributed by atoms with Crippen LogP contribution in [0.3, 0.4) is 0 Å². The summed E-state index contributed by atoms with van der Waals surface area (Å²) < 4.78 is 0. The summed E-state index contributed by atoms with van der Waals surface area (Å²) in [7, 11) is 0. The molecule has 3 nitrogen and oxygen atoms in total. The molecule has 0 aromatic heterocycles. The molecule has 0 aromatic carbocycles. The van der Waals surface area contributed by atoms with E-state index in [4.69, 9.17) is 6.42 Å². The third-order valence-corrected chi connectivity index (χ3v) is 8.16. The van der Waals surface area contributed by atoms with Gasteiger partial charge in [0.15, 0.2) is 5.78 Å². The first-order valence-corrected chi connectivity index (χ1v) is 9.56. The molecule has 4 aliphatic rings. The Bertz CT molecular complexity index is 644. The van der Waals surface area contributed by atoms with Gasteiger partial charge < -0.3 is 10.2 Å². The van der Waals surface area contributed by atoms with Crippen LogP contribution in [0.25, 0.3) is 0 Å². The first-order chi connectivity index (χ1) is 11.4. The molecule has 2 N–H and O–H groups in total. The van der Waals surface area contributed by atoms with Crippen LogP contribution in [0, 0.1) is 35.5 Å². The lowest BCUT2D eigenvalue weighted by atomic mass is 9.48. The Morgan fingerprint density at radius 1 is 1.17 bits per heavy atom. The molecule has 4 aliphatic carbocycles. The summed E-state index contributed by atoms with van der Waals surface area (Å²) in [4.78, 5) is 11.8. The number of hydrogen-bond donors (Lipinski definition) is 2. The summed E-state index contributed by atoms with van der Waals surface area (Å²) in [6.07, 6.45) is 14.7. The van der Waals surface area contributed by atoms with Crippen molar-refractivity contribution in [1.82, 2.24) is 0 Å². The van der Waals surface area contributed by atoms with E-state index in [0.717, 1.165) is 44.1 Å². The van der Waals surface area contributed by atoms with Crippen LogP contribution in [-0.2, 0) is 4.79 Å². The molecule has 6 unspecified atom stereocenters. The van der Waals surface area contributed by atoms with E-state index < -0.39 is 11.2 Å². The van der Waals surface area contributed by atoms with E-state index in [1.165, 1.54) is 0 Å². The molecule has 3 heteroatoms. The predicted octanol–water partition coefficient (Wildman–Crippen LogP) is 3.00. The molecule has 3 saturated carbocycles. The van der Waals surface area contributed by atoms with E-state index in [0.29, 0.717) is 31.1 Å². The number of terminal acetylenes is 1. The van der Waals surface area contributed by atoms with Crippen LogP contribution >= 0.6 is 0 Å². The molecule has 0 aromatic rings. The molecule has 24 heavy (non-hydrogen) atoms. The fourth-order valence-corrected chi connectivity index (χ4v) is 6.96. The van der Waals surface area contributed by atoms with Crippen molar-refractivity contribution in [2.75, 3.05) is 0 Å². The SMILES string of the molecule is C#CC1(O)CCC2C3CCC4=CC(=O)CCC4(O)C3CCC21CC. The molecular weight excluding hydrogens is 300 g/mol. The van der Waals surface area contributed by atoms with Crippen molar-refractivity contribution in [3.63, 3.8) is 0 Å². The molecule has 4 rings (SSSR count). The summed E-state index contributed by atoms with van der Waals surface area (Å²) in [6.45, 7) is 2.16. The number of hydrogen-bond acceptors (Lipinski definition) is 3. The van der Waals surface area contributed by atoms with Crippen molar-refractivity contribution in [1.29, 1.82) is 0 Å². The monoisotopic (exact) mass is 328 g/mol. The van der Waals surface area contributed by atoms with Gasteiger partial charge in [-0.15, -0.1) is 6.42 Å². The van der Waals surface area contributed by atoms with E-state index in [-0.39, 0.29) is 17.1 Å². The number of carbonyl (C=O) groups is 1. The third-order valence-electron chi connectivity index (χ3n) is 8.16. The number of aliphatic hydroxyl groups is 2. The van der Waals surface area contributed by atoms with Gasteiger partial charge in [0.2, 0.25) is 0 Å². The van der Waals surface area contributed by atoms with Gasteiger partial charge in [0, 0.05) is 11.8 Å². The zero-order valence-corrected chi connectivity index (χ0v) is 14.6. The third kappa shape index (κ3) is 1.85. The molecule has 0 saturated heterocycles. The summed E-state index contributed by atoms with van der Waals surface area (Å²) in [5.41, 5.74) is -1.01. The fourth-order valence-electron chi connectivity index (χ4n) is 6.96. The van der Waals surface area contributed by atoms with E-state index in [9.17, 15) is 15.0 Å². The van der Waals surface area contributed by atoms with Gasteiger partial charge in [-0.2, -0.15) is 0 Å². The Hall–Kier alpha value is -1.11. The number of fused-ring (bicyclic) bond motifs is 5. The van der Waals surface area contributed by atoms with Crippen molar-refractivity contribution in [3.05, 3.63) is 11.6 Å². The maximum atomic E-state index is 11.8. The number of ketones is 1. The van der Waals surface area contributed by atoms with Crippen molar-refractivity contribution in [2.24, 2.45) is 23.2 Å². The second-order valence-corrected chi connectivity index (χ2v) is 8.57. The highest BCUT2D eigenvalue weighted by molar-refractivity contribution is 5.92. The lowest BCUT2D eigenvalue weighted by Crippen LogP contribution is -2.58. The van der Waals surface area contributed by atoms with Gasteiger partial charge in [-0.1, -0.05) is 12.8 Å². The van der Waals surface area contributed by atoms with Crippen LogP contribution < -0.4 is 0 Å². The molecule has 0 heterocycles. The van der Waals surface area contributed by atoms with E-state index in [2.05, 4.69) is 12.8 Å². The van der Waals surface area contributed by atoms with Gasteiger partial charge in [-0.25, -0.2) is 0 Å². The maximum absolute atomic E-state index is 11.8. The molecule has 3 fully saturated rings. The van der Waals surface area contributed by atoms with Gasteiger partial charge in [-0.05, 0) is 80.8 Å². The van der Waals surface area contributed by atoms with Crippen molar-refractivity contribution in [2.45, 2.75) is 75.9 Å². The Kier molecular flexibility index (Phi) is 3.54. The van der Waals surface area contributed by atoms with E-state index >= 15 is 0 Å². The smallest absolute Gasteiger partial charge is 0.155 e. The molecule has 6 atom stereocenters. The van der Waals surface area contributed by atoms with Crippen molar-refractivity contribution >= 4 is 5.78 Å². The zero-order valence-electron chi connectivity index (χ0n) is 14.6. The van der Waals surface area contributed by atoms with Crippen LogP contribution in [0.1, 0.15) is 64.7 Å². The summed E-state index contributed by atoms with van der Waals surface area (Å²) in [5, 5.41) is 22.6. The summed E-state index contributed by atoms with van der Waals surface area (Å²) >= 11 is 0. The molecule has 0 bridgehead atoms. The Balaban J connectivity index is 1.72. The van der Waals surface area contributed by atoms with Crippen LogP contribution in [-0.4, -0.2) is 27.2 Å². The lowest BCUT2D eigenvalue weighted by molar-refractivity contribution is -0.142. The number of rotatable bonds is 1. The Labute approximate surface area is 144 Å². The number of carbonyl (C=O) groups excluding carboxylic acids is 1. The first-order valence-electron chi connectivity index (χ1n) is 9.56. The molecular formula is C21H28O3. The quantitative estimate of drug-likeness (QED) is 0.728. The minimum absolute atomic E-state index is 0.161. The van der Waals surface area contributed by atoms with Crippen molar-refractivity contribution < 1.29 is 15.0 Å². The van der Waals surface area contributed by atoms with Gasteiger partial charge in [0.05, 0.1) is 5.60 Å². The largest absolute Gasteiger partial charge is 0.385 e. The second kappa shape index (κ2) is 5.19. The van der Waals surface area contributed by atoms with Crippen LogP contribution in [0.4, 0.5) is 0 Å². The van der Waals surface area contributed by atoms with Gasteiger partial charge in [-0.3, -0.25) is 4.79 Å². The van der Waals surface area contributed by atoms with Gasteiger partial charge in [0.1, 0.15) is 5.60 Å². The summed E-state index contributed by atoms with van der Waals surface area (Å²) in [5.74, 6) is 3.92. The molecule has 0 amide bonds. The van der Waals surface area contributed by atoms with Gasteiger partial charge in [0.25, 0.3) is 0 Å². The average Bonchev–Trinajstić information content (AvgIpc) is 2.89. The Morgan fingerprint density at radius 2 is 1.92 bits per heavy atom. The average molecular weight is 328 g/mol. The van der Waals surface area contributed by atoms with E-state index in [1.807, 2.05) is 0 Å². The fraction of sp³-hybridized carbons (Fsp3) is 0.762. The van der Waals surface area contributed by atoms with E-state index in [1.54, 1.807) is 6.08 Å². The topological polar surface area (TPSA) is 57.5 Å². The zero-order chi connectivity index (χ0) is 17.2. The highest BCUT2D eigenvalue weighted by Gasteiger charge is 2.65. The predicted molar refractivity (Wildman–Crippen MR) is 92.0 cm³/mol. The standard InChI is InChI=1S/C21H28O3/c1-3-19-10-8-18-16(17(19)9-11-20(19,23)4-2)6-5-14-13-15(22)7-12-21(14,18)24/h2,13,16-18,23-24H,3,5-12H2,1H3. The highest BCUT2D eigenvalue weighted by atomic mass is 16.3. The minimum atomic E-state index is -0.987. The van der Waals surface area contributed by atoms with Crippen LogP contribution in [0.5, 0.6) is 0 Å². The normalized spacial score (nSPS) is 50.3. The maximum Gasteiger partial charge on any atom is 0.155 e.